The van der Waals surface area contributed by atoms with Gasteiger partial charge in [-0.1, -0.05) is 18.2 Å². The zero-order chi connectivity index (χ0) is 12.0. The lowest BCUT2D eigenvalue weighted by atomic mass is 10.1. The second-order valence-electron chi connectivity index (χ2n) is 5.12. The summed E-state index contributed by atoms with van der Waals surface area (Å²) >= 11 is 0. The van der Waals surface area contributed by atoms with Gasteiger partial charge in [0.25, 0.3) is 0 Å². The SMILES string of the molecule is Cc1cccc(C)c1N1CN2CCC[C@@H]2C1=O. The van der Waals surface area contributed by atoms with Crippen molar-refractivity contribution in [2.24, 2.45) is 0 Å². The van der Waals surface area contributed by atoms with Gasteiger partial charge in [-0.05, 0) is 37.8 Å². The van der Waals surface area contributed by atoms with E-state index >= 15 is 0 Å². The van der Waals surface area contributed by atoms with Gasteiger partial charge >= 0.3 is 0 Å². The van der Waals surface area contributed by atoms with E-state index in [1.54, 1.807) is 0 Å². The number of amides is 1. The number of para-hydroxylation sites is 1. The zero-order valence-electron chi connectivity index (χ0n) is 10.4. The molecule has 2 aliphatic rings. The lowest BCUT2D eigenvalue weighted by Crippen LogP contribution is -2.30. The third-order valence-electron chi connectivity index (χ3n) is 3.95. The average molecular weight is 230 g/mol. The molecule has 90 valence electrons. The summed E-state index contributed by atoms with van der Waals surface area (Å²) in [5, 5.41) is 0. The molecule has 1 aromatic carbocycles. The molecule has 0 unspecified atom stereocenters. The van der Waals surface area contributed by atoms with Gasteiger partial charge in [0.2, 0.25) is 5.91 Å². The summed E-state index contributed by atoms with van der Waals surface area (Å²) in [7, 11) is 0. The number of benzene rings is 1. The van der Waals surface area contributed by atoms with Crippen molar-refractivity contribution in [2.75, 3.05) is 18.1 Å². The van der Waals surface area contributed by atoms with Crippen molar-refractivity contribution in [3.05, 3.63) is 29.3 Å². The van der Waals surface area contributed by atoms with Gasteiger partial charge in [-0.15, -0.1) is 0 Å². The van der Waals surface area contributed by atoms with Crippen molar-refractivity contribution in [3.63, 3.8) is 0 Å². The monoisotopic (exact) mass is 230 g/mol. The third-order valence-corrected chi connectivity index (χ3v) is 3.95. The lowest BCUT2D eigenvalue weighted by Gasteiger charge is -2.21. The number of anilines is 1. The molecule has 0 aromatic heterocycles. The van der Waals surface area contributed by atoms with Crippen LogP contribution in [0.5, 0.6) is 0 Å². The van der Waals surface area contributed by atoms with Gasteiger partial charge in [0.15, 0.2) is 0 Å². The largest absolute Gasteiger partial charge is 0.297 e. The molecule has 2 heterocycles. The molecule has 2 aliphatic heterocycles. The van der Waals surface area contributed by atoms with Crippen LogP contribution >= 0.6 is 0 Å². The summed E-state index contributed by atoms with van der Waals surface area (Å²) in [5.41, 5.74) is 3.51. The molecule has 3 heteroatoms. The molecule has 0 saturated carbocycles. The number of fused-ring (bicyclic) bond motifs is 1. The summed E-state index contributed by atoms with van der Waals surface area (Å²) in [6.45, 7) is 6.01. The number of hydrogen-bond donors (Lipinski definition) is 0. The number of rotatable bonds is 1. The molecular weight excluding hydrogens is 212 g/mol. The number of nitrogens with zero attached hydrogens (tertiary/aromatic N) is 2. The minimum Gasteiger partial charge on any atom is -0.297 e. The summed E-state index contributed by atoms with van der Waals surface area (Å²) < 4.78 is 0. The van der Waals surface area contributed by atoms with E-state index in [9.17, 15) is 4.79 Å². The highest BCUT2D eigenvalue weighted by Gasteiger charge is 2.42. The van der Waals surface area contributed by atoms with Crippen LogP contribution in [0.25, 0.3) is 0 Å². The Morgan fingerprint density at radius 3 is 2.59 bits per heavy atom. The molecular formula is C14H18N2O. The van der Waals surface area contributed by atoms with E-state index in [-0.39, 0.29) is 6.04 Å². The fourth-order valence-electron chi connectivity index (χ4n) is 3.12. The molecule has 3 rings (SSSR count). The Balaban J connectivity index is 1.98. The van der Waals surface area contributed by atoms with Crippen LogP contribution in [0.4, 0.5) is 5.69 Å². The van der Waals surface area contributed by atoms with Crippen LogP contribution in [0.3, 0.4) is 0 Å². The quantitative estimate of drug-likeness (QED) is 0.737. The fourth-order valence-corrected chi connectivity index (χ4v) is 3.12. The standard InChI is InChI=1S/C14H18N2O/c1-10-5-3-6-11(2)13(10)16-9-15-8-4-7-12(15)14(16)17/h3,5-6,12H,4,7-9H2,1-2H3/t12-/m1/s1. The Morgan fingerprint density at radius 2 is 1.94 bits per heavy atom. The summed E-state index contributed by atoms with van der Waals surface area (Å²) in [6, 6.07) is 6.36. The first-order chi connectivity index (χ1) is 8.18. The highest BCUT2D eigenvalue weighted by Crippen LogP contribution is 2.33. The number of aryl methyl sites for hydroxylation is 2. The van der Waals surface area contributed by atoms with E-state index in [0.29, 0.717) is 5.91 Å². The van der Waals surface area contributed by atoms with Gasteiger partial charge in [-0.3, -0.25) is 14.6 Å². The maximum absolute atomic E-state index is 12.4. The van der Waals surface area contributed by atoms with Crippen molar-refractivity contribution in [3.8, 4) is 0 Å². The molecule has 2 saturated heterocycles. The van der Waals surface area contributed by atoms with Crippen molar-refractivity contribution in [2.45, 2.75) is 32.7 Å². The normalized spacial score (nSPS) is 24.5. The predicted molar refractivity (Wildman–Crippen MR) is 68.0 cm³/mol. The van der Waals surface area contributed by atoms with E-state index in [1.165, 1.54) is 11.1 Å². The van der Waals surface area contributed by atoms with Gasteiger partial charge in [-0.25, -0.2) is 0 Å². The topological polar surface area (TPSA) is 23.6 Å². The molecule has 1 amide bonds. The summed E-state index contributed by atoms with van der Waals surface area (Å²) in [6.07, 6.45) is 2.19. The van der Waals surface area contributed by atoms with Crippen molar-refractivity contribution < 1.29 is 4.79 Å². The second kappa shape index (κ2) is 3.84. The van der Waals surface area contributed by atoms with Crippen LogP contribution < -0.4 is 4.90 Å². The molecule has 2 fully saturated rings. The van der Waals surface area contributed by atoms with E-state index in [4.69, 9.17) is 0 Å². The summed E-state index contributed by atoms with van der Waals surface area (Å²) in [4.78, 5) is 16.6. The first-order valence-electron chi connectivity index (χ1n) is 6.30. The van der Waals surface area contributed by atoms with E-state index in [1.807, 2.05) is 4.90 Å². The first kappa shape index (κ1) is 10.8. The fraction of sp³-hybridized carbons (Fsp3) is 0.500. The Labute approximate surface area is 102 Å². The van der Waals surface area contributed by atoms with Crippen LogP contribution in [0.2, 0.25) is 0 Å². The van der Waals surface area contributed by atoms with Crippen molar-refractivity contribution in [1.29, 1.82) is 0 Å². The maximum Gasteiger partial charge on any atom is 0.245 e. The van der Waals surface area contributed by atoms with Gasteiger partial charge in [0, 0.05) is 6.54 Å². The van der Waals surface area contributed by atoms with Crippen LogP contribution in [0, 0.1) is 13.8 Å². The van der Waals surface area contributed by atoms with E-state index in [2.05, 4.69) is 36.9 Å². The average Bonchev–Trinajstić information content (AvgIpc) is 2.84. The van der Waals surface area contributed by atoms with Crippen LogP contribution in [0.1, 0.15) is 24.0 Å². The molecule has 0 bridgehead atoms. The minimum absolute atomic E-state index is 0.147. The maximum atomic E-state index is 12.4. The number of hydrogen-bond acceptors (Lipinski definition) is 2. The molecule has 0 N–H and O–H groups in total. The molecule has 0 aliphatic carbocycles. The zero-order valence-corrected chi connectivity index (χ0v) is 10.4. The number of carbonyl (C=O) groups excluding carboxylic acids is 1. The molecule has 3 nitrogen and oxygen atoms in total. The molecule has 17 heavy (non-hydrogen) atoms. The van der Waals surface area contributed by atoms with Gasteiger partial charge in [0.05, 0.1) is 18.4 Å². The van der Waals surface area contributed by atoms with E-state index < -0.39 is 0 Å². The van der Waals surface area contributed by atoms with Crippen molar-refractivity contribution >= 4 is 11.6 Å². The van der Waals surface area contributed by atoms with Gasteiger partial charge < -0.3 is 0 Å². The Hall–Kier alpha value is -1.35. The molecule has 0 radical (unpaired) electrons. The Kier molecular flexibility index (Phi) is 2.44. The second-order valence-corrected chi connectivity index (χ2v) is 5.12. The molecule has 1 aromatic rings. The molecule has 1 atom stereocenters. The van der Waals surface area contributed by atoms with Gasteiger partial charge in [0.1, 0.15) is 0 Å². The lowest BCUT2D eigenvalue weighted by molar-refractivity contribution is -0.119. The van der Waals surface area contributed by atoms with Crippen LogP contribution in [-0.2, 0) is 4.79 Å². The highest BCUT2D eigenvalue weighted by atomic mass is 16.2. The number of carbonyl (C=O) groups is 1. The van der Waals surface area contributed by atoms with Crippen LogP contribution in [0.15, 0.2) is 18.2 Å². The Morgan fingerprint density at radius 1 is 1.24 bits per heavy atom. The highest BCUT2D eigenvalue weighted by molar-refractivity contribution is 6.00. The van der Waals surface area contributed by atoms with Crippen molar-refractivity contribution in [1.82, 2.24) is 4.90 Å². The minimum atomic E-state index is 0.147. The van der Waals surface area contributed by atoms with Crippen LogP contribution in [-0.4, -0.2) is 30.1 Å². The smallest absolute Gasteiger partial charge is 0.245 e. The summed E-state index contributed by atoms with van der Waals surface area (Å²) in [5.74, 6) is 0.292. The third kappa shape index (κ3) is 1.57. The molecule has 0 spiro atoms. The van der Waals surface area contributed by atoms with Gasteiger partial charge in [-0.2, -0.15) is 0 Å². The Bertz CT molecular complexity index is 449. The predicted octanol–water partition coefficient (Wildman–Crippen LogP) is 2.07. The van der Waals surface area contributed by atoms with E-state index in [0.717, 1.165) is 31.7 Å². The first-order valence-corrected chi connectivity index (χ1v) is 6.30.